The quantitative estimate of drug-likeness (QED) is 0.661. The first kappa shape index (κ1) is 13.6. The Morgan fingerprint density at radius 2 is 2.00 bits per heavy atom. The van der Waals surface area contributed by atoms with Crippen LogP contribution >= 0.6 is 0 Å². The van der Waals surface area contributed by atoms with E-state index >= 15 is 0 Å². The van der Waals surface area contributed by atoms with Crippen molar-refractivity contribution in [2.45, 2.75) is 38.5 Å². The van der Waals surface area contributed by atoms with Crippen LogP contribution in [-0.2, 0) is 15.6 Å². The van der Waals surface area contributed by atoms with Crippen molar-refractivity contribution in [3.05, 3.63) is 0 Å². The van der Waals surface area contributed by atoms with Crippen molar-refractivity contribution in [2.24, 2.45) is 5.73 Å². The molecule has 0 radical (unpaired) electrons. The second kappa shape index (κ2) is 6.95. The average Bonchev–Trinajstić information content (AvgIpc) is 2.11. The van der Waals surface area contributed by atoms with Crippen LogP contribution in [0.2, 0.25) is 0 Å². The van der Waals surface area contributed by atoms with E-state index in [1.807, 2.05) is 20.8 Å². The van der Waals surface area contributed by atoms with Crippen LogP contribution in [0.3, 0.4) is 0 Å². The van der Waals surface area contributed by atoms with Gasteiger partial charge in [-0.15, -0.1) is 0 Å². The lowest BCUT2D eigenvalue weighted by Gasteiger charge is -2.10. The van der Waals surface area contributed by atoms with Gasteiger partial charge in [-0.2, -0.15) is 0 Å². The van der Waals surface area contributed by atoms with Gasteiger partial charge in [0, 0.05) is 40.8 Å². The zero-order valence-corrected chi connectivity index (χ0v) is 9.89. The molecule has 0 aromatic rings. The molecule has 4 nitrogen and oxygen atoms in total. The molecule has 0 rings (SSSR count). The van der Waals surface area contributed by atoms with Crippen LogP contribution in [-0.4, -0.2) is 33.7 Å². The molecule has 2 atom stereocenters. The van der Waals surface area contributed by atoms with Crippen LogP contribution in [0.4, 0.5) is 0 Å². The maximum absolute atomic E-state index is 11.4. The monoisotopic (exact) mass is 220 g/mol. The lowest BCUT2D eigenvalue weighted by atomic mass is 10.3. The molecule has 0 aromatic carbocycles. The van der Waals surface area contributed by atoms with E-state index in [4.69, 9.17) is 5.73 Å². The Hall–Kier alpha value is -0.420. The number of carbonyl (C=O) groups excluding carboxylic acids is 1. The highest BCUT2D eigenvalue weighted by atomic mass is 32.2. The van der Waals surface area contributed by atoms with E-state index in [0.717, 1.165) is 0 Å². The minimum atomic E-state index is -0.986. The van der Waals surface area contributed by atoms with Gasteiger partial charge in [-0.3, -0.25) is 9.00 Å². The maximum Gasteiger partial charge on any atom is 0.221 e. The summed E-state index contributed by atoms with van der Waals surface area (Å²) in [6, 6.07) is 0.142. The zero-order chi connectivity index (χ0) is 11.1. The van der Waals surface area contributed by atoms with Crippen LogP contribution in [0.15, 0.2) is 0 Å². The molecule has 0 spiro atoms. The fraction of sp³-hybridized carbons (Fsp3) is 0.889. The average molecular weight is 220 g/mol. The van der Waals surface area contributed by atoms with Gasteiger partial charge in [-0.1, -0.05) is 0 Å². The molecule has 5 heteroatoms. The van der Waals surface area contributed by atoms with E-state index in [-0.39, 0.29) is 17.2 Å². The van der Waals surface area contributed by atoms with Gasteiger partial charge in [-0.05, 0) is 20.8 Å². The van der Waals surface area contributed by atoms with E-state index in [1.54, 1.807) is 0 Å². The summed E-state index contributed by atoms with van der Waals surface area (Å²) in [5.41, 5.74) is 5.37. The fourth-order valence-electron chi connectivity index (χ4n) is 0.896. The van der Waals surface area contributed by atoms with Gasteiger partial charge in [0.25, 0.3) is 0 Å². The molecular formula is C9H20N2O2S. The summed E-state index contributed by atoms with van der Waals surface area (Å²) >= 11 is 0. The Morgan fingerprint density at radius 1 is 1.43 bits per heavy atom. The van der Waals surface area contributed by atoms with Gasteiger partial charge in [0.2, 0.25) is 5.91 Å². The topological polar surface area (TPSA) is 72.2 Å². The number of amides is 1. The van der Waals surface area contributed by atoms with E-state index in [0.29, 0.717) is 18.7 Å². The van der Waals surface area contributed by atoms with Crippen molar-refractivity contribution in [1.29, 1.82) is 0 Å². The predicted molar refractivity (Wildman–Crippen MR) is 59.4 cm³/mol. The van der Waals surface area contributed by atoms with E-state index in [9.17, 15) is 9.00 Å². The summed E-state index contributed by atoms with van der Waals surface area (Å²) in [7, 11) is -0.986. The number of nitrogens with two attached hydrogens (primary N) is 1. The first-order chi connectivity index (χ1) is 6.47. The molecule has 0 aliphatic heterocycles. The summed E-state index contributed by atoms with van der Waals surface area (Å²) in [4.78, 5) is 11.2. The Labute approximate surface area is 88.1 Å². The van der Waals surface area contributed by atoms with Crippen LogP contribution in [0.25, 0.3) is 0 Å². The van der Waals surface area contributed by atoms with Gasteiger partial charge in [0.15, 0.2) is 0 Å². The molecule has 1 amide bonds. The molecule has 0 heterocycles. The van der Waals surface area contributed by atoms with Crippen molar-refractivity contribution < 1.29 is 9.00 Å². The highest BCUT2D eigenvalue weighted by Crippen LogP contribution is 1.96. The fourth-order valence-corrected chi connectivity index (χ4v) is 1.90. The molecule has 14 heavy (non-hydrogen) atoms. The Balaban J connectivity index is 3.72. The van der Waals surface area contributed by atoms with Gasteiger partial charge in [0.05, 0.1) is 0 Å². The Bertz CT molecular complexity index is 207. The van der Waals surface area contributed by atoms with Crippen LogP contribution in [0.5, 0.6) is 0 Å². The largest absolute Gasteiger partial charge is 0.354 e. The van der Waals surface area contributed by atoms with Crippen LogP contribution in [0, 0.1) is 0 Å². The molecule has 0 bridgehead atoms. The number of hydrogen-bond acceptors (Lipinski definition) is 3. The summed E-state index contributed by atoms with van der Waals surface area (Å²) in [5, 5.41) is 2.72. The van der Waals surface area contributed by atoms with Crippen LogP contribution < -0.4 is 11.1 Å². The summed E-state index contributed by atoms with van der Waals surface area (Å²) in [6.45, 7) is 6.03. The minimum Gasteiger partial charge on any atom is -0.354 e. The summed E-state index contributed by atoms with van der Waals surface area (Å²) < 4.78 is 11.4. The standard InChI is InChI=1S/C9H20N2O2S/c1-7(2)11-9(12)4-5-14(13)8(3)6-10/h7-8H,4-6,10H2,1-3H3,(H,11,12). The lowest BCUT2D eigenvalue weighted by molar-refractivity contribution is -0.121. The van der Waals surface area contributed by atoms with E-state index < -0.39 is 10.8 Å². The first-order valence-corrected chi connectivity index (χ1v) is 6.22. The Kier molecular flexibility index (Phi) is 6.74. The number of nitrogens with one attached hydrogen (secondary N) is 1. The SMILES string of the molecule is CC(C)NC(=O)CCS(=O)C(C)CN. The van der Waals surface area contributed by atoms with Crippen molar-refractivity contribution in [1.82, 2.24) is 5.32 Å². The third-order valence-corrected chi connectivity index (χ3v) is 3.46. The minimum absolute atomic E-state index is 0.0261. The third-order valence-electron chi connectivity index (χ3n) is 1.76. The second-order valence-electron chi connectivity index (χ2n) is 3.60. The smallest absolute Gasteiger partial charge is 0.221 e. The van der Waals surface area contributed by atoms with E-state index in [1.165, 1.54) is 0 Å². The lowest BCUT2D eigenvalue weighted by Crippen LogP contribution is -2.32. The zero-order valence-electron chi connectivity index (χ0n) is 9.08. The normalized spacial score (nSPS) is 15.2. The first-order valence-electron chi connectivity index (χ1n) is 4.84. The third kappa shape index (κ3) is 6.10. The van der Waals surface area contributed by atoms with Crippen molar-refractivity contribution in [3.63, 3.8) is 0 Å². The number of carbonyl (C=O) groups is 1. The molecule has 0 aliphatic carbocycles. The number of rotatable bonds is 6. The molecule has 0 saturated heterocycles. The molecule has 0 aromatic heterocycles. The molecule has 2 unspecified atom stereocenters. The highest BCUT2D eigenvalue weighted by Gasteiger charge is 2.11. The molecule has 0 fully saturated rings. The molecule has 3 N–H and O–H groups in total. The summed E-state index contributed by atoms with van der Waals surface area (Å²) in [6.07, 6.45) is 0.315. The van der Waals surface area contributed by atoms with Gasteiger partial charge in [0.1, 0.15) is 0 Å². The molecular weight excluding hydrogens is 200 g/mol. The van der Waals surface area contributed by atoms with Gasteiger partial charge < -0.3 is 11.1 Å². The highest BCUT2D eigenvalue weighted by molar-refractivity contribution is 7.85. The summed E-state index contributed by atoms with van der Waals surface area (Å²) in [5.74, 6) is 0.356. The van der Waals surface area contributed by atoms with Crippen molar-refractivity contribution in [3.8, 4) is 0 Å². The predicted octanol–water partition coefficient (Wildman–Crippen LogP) is -0.00300. The van der Waals surface area contributed by atoms with Gasteiger partial charge in [-0.25, -0.2) is 0 Å². The number of hydrogen-bond donors (Lipinski definition) is 2. The van der Waals surface area contributed by atoms with Crippen molar-refractivity contribution in [2.75, 3.05) is 12.3 Å². The van der Waals surface area contributed by atoms with E-state index in [2.05, 4.69) is 5.32 Å². The van der Waals surface area contributed by atoms with Crippen molar-refractivity contribution >= 4 is 16.7 Å². The maximum atomic E-state index is 11.4. The Morgan fingerprint density at radius 3 is 2.43 bits per heavy atom. The molecule has 0 saturated carbocycles. The van der Waals surface area contributed by atoms with Gasteiger partial charge >= 0.3 is 0 Å². The second-order valence-corrected chi connectivity index (χ2v) is 5.58. The van der Waals surface area contributed by atoms with Crippen LogP contribution in [0.1, 0.15) is 27.2 Å². The molecule has 84 valence electrons. The molecule has 0 aliphatic rings.